The predicted octanol–water partition coefficient (Wildman–Crippen LogP) is 4.90. The molecule has 3 rings (SSSR count). The first-order chi connectivity index (χ1) is 17.2. The van der Waals surface area contributed by atoms with Gasteiger partial charge in [-0.3, -0.25) is 9.10 Å². The summed E-state index contributed by atoms with van der Waals surface area (Å²) in [5.41, 5.74) is 4.48. The summed E-state index contributed by atoms with van der Waals surface area (Å²) in [6, 6.07) is 18.6. The quantitative estimate of drug-likeness (QED) is 0.260. The van der Waals surface area contributed by atoms with Gasteiger partial charge in [0, 0.05) is 0 Å². The van der Waals surface area contributed by atoms with Gasteiger partial charge in [-0.2, -0.15) is 5.10 Å². The van der Waals surface area contributed by atoms with E-state index in [1.165, 1.54) is 25.5 Å². The fourth-order valence-electron chi connectivity index (χ4n) is 3.18. The third-order valence-corrected chi connectivity index (χ3v) is 7.47. The molecule has 190 valence electrons. The van der Waals surface area contributed by atoms with E-state index in [0.717, 1.165) is 27.6 Å². The molecule has 0 aromatic heterocycles. The smallest absolute Gasteiger partial charge is 0.264 e. The van der Waals surface area contributed by atoms with Gasteiger partial charge in [-0.25, -0.2) is 13.8 Å². The molecular formula is C26H28BrN3O5S. The number of amides is 1. The summed E-state index contributed by atoms with van der Waals surface area (Å²) < 4.78 is 39.4. The standard InChI is InChI=1S/C26H28BrN3O5S/c1-4-15-35-22-11-7-20(8-12-22)17-28-29-26(31)18-30(21-9-5-19(2)6-10-21)36(32,33)23-13-14-25(34-3)24(27)16-23/h5-14,16-17H,4,15,18H2,1-3H3,(H,29,31)/b28-17-. The Morgan fingerprint density at radius 3 is 2.39 bits per heavy atom. The van der Waals surface area contributed by atoms with Crippen LogP contribution in [-0.4, -0.2) is 40.8 Å². The van der Waals surface area contributed by atoms with Crippen molar-refractivity contribution in [3.05, 3.63) is 82.3 Å². The Hall–Kier alpha value is -3.37. The lowest BCUT2D eigenvalue weighted by molar-refractivity contribution is -0.119. The molecule has 8 nitrogen and oxygen atoms in total. The summed E-state index contributed by atoms with van der Waals surface area (Å²) in [5.74, 6) is 0.654. The minimum atomic E-state index is -4.08. The molecule has 0 saturated heterocycles. The Balaban J connectivity index is 1.78. The van der Waals surface area contributed by atoms with Crippen molar-refractivity contribution in [3.63, 3.8) is 0 Å². The van der Waals surface area contributed by atoms with Gasteiger partial charge < -0.3 is 9.47 Å². The number of nitrogens with zero attached hydrogens (tertiary/aromatic N) is 2. The van der Waals surface area contributed by atoms with Gasteiger partial charge in [0.05, 0.1) is 35.0 Å². The van der Waals surface area contributed by atoms with Crippen molar-refractivity contribution in [1.82, 2.24) is 5.43 Å². The van der Waals surface area contributed by atoms with Crippen molar-refractivity contribution >= 4 is 43.8 Å². The largest absolute Gasteiger partial charge is 0.496 e. The predicted molar refractivity (Wildman–Crippen MR) is 144 cm³/mol. The van der Waals surface area contributed by atoms with Crippen LogP contribution in [0.2, 0.25) is 0 Å². The topological polar surface area (TPSA) is 97.3 Å². The number of rotatable bonds is 11. The number of sulfonamides is 1. The zero-order valence-corrected chi connectivity index (χ0v) is 22.7. The zero-order valence-electron chi connectivity index (χ0n) is 20.3. The highest BCUT2D eigenvalue weighted by Gasteiger charge is 2.28. The number of hydrazone groups is 1. The molecule has 0 fully saturated rings. The summed E-state index contributed by atoms with van der Waals surface area (Å²) in [6.45, 7) is 4.10. The van der Waals surface area contributed by atoms with Crippen LogP contribution in [0.1, 0.15) is 24.5 Å². The fraction of sp³-hybridized carbons (Fsp3) is 0.231. The molecule has 0 unspecified atom stereocenters. The molecule has 0 radical (unpaired) electrons. The number of halogens is 1. The van der Waals surface area contributed by atoms with E-state index in [9.17, 15) is 13.2 Å². The van der Waals surface area contributed by atoms with Crippen LogP contribution in [0.4, 0.5) is 5.69 Å². The molecule has 0 bridgehead atoms. The molecule has 0 aliphatic heterocycles. The summed E-state index contributed by atoms with van der Waals surface area (Å²) in [6.07, 6.45) is 2.40. The van der Waals surface area contributed by atoms with Crippen molar-refractivity contribution < 1.29 is 22.7 Å². The van der Waals surface area contributed by atoms with E-state index < -0.39 is 22.5 Å². The number of carbonyl (C=O) groups excluding carboxylic acids is 1. The molecule has 0 heterocycles. The maximum Gasteiger partial charge on any atom is 0.264 e. The van der Waals surface area contributed by atoms with Crippen LogP contribution in [0, 0.1) is 6.92 Å². The number of aryl methyl sites for hydroxylation is 1. The lowest BCUT2D eigenvalue weighted by Crippen LogP contribution is -2.39. The Labute approximate surface area is 220 Å². The highest BCUT2D eigenvalue weighted by atomic mass is 79.9. The molecule has 10 heteroatoms. The number of carbonyl (C=O) groups is 1. The first kappa shape index (κ1) is 27.2. The van der Waals surface area contributed by atoms with E-state index >= 15 is 0 Å². The number of ether oxygens (including phenoxy) is 2. The highest BCUT2D eigenvalue weighted by molar-refractivity contribution is 9.10. The second-order valence-corrected chi connectivity index (χ2v) is 10.6. The van der Waals surface area contributed by atoms with Crippen LogP contribution in [0.15, 0.2) is 81.2 Å². The second kappa shape index (κ2) is 12.5. The minimum Gasteiger partial charge on any atom is -0.496 e. The second-order valence-electron chi connectivity index (χ2n) is 7.85. The fourth-order valence-corrected chi connectivity index (χ4v) is 5.32. The number of anilines is 1. The monoisotopic (exact) mass is 573 g/mol. The van der Waals surface area contributed by atoms with Crippen LogP contribution in [0.5, 0.6) is 11.5 Å². The lowest BCUT2D eigenvalue weighted by atomic mass is 10.2. The molecule has 0 saturated carbocycles. The molecule has 0 spiro atoms. The molecule has 3 aromatic rings. The van der Waals surface area contributed by atoms with E-state index in [-0.39, 0.29) is 4.90 Å². The average Bonchev–Trinajstić information content (AvgIpc) is 2.87. The first-order valence-corrected chi connectivity index (χ1v) is 13.5. The molecule has 0 aliphatic rings. The van der Waals surface area contributed by atoms with Gasteiger partial charge in [-0.15, -0.1) is 0 Å². The molecule has 0 aliphatic carbocycles. The molecule has 0 atom stereocenters. The highest BCUT2D eigenvalue weighted by Crippen LogP contribution is 2.30. The SMILES string of the molecule is CCCOc1ccc(/C=N\NC(=O)CN(c2ccc(C)cc2)S(=O)(=O)c2ccc(OC)c(Br)c2)cc1. The van der Waals surface area contributed by atoms with E-state index in [0.29, 0.717) is 22.5 Å². The Morgan fingerprint density at radius 2 is 1.78 bits per heavy atom. The number of hydrogen-bond acceptors (Lipinski definition) is 6. The van der Waals surface area contributed by atoms with Crippen LogP contribution < -0.4 is 19.2 Å². The lowest BCUT2D eigenvalue weighted by Gasteiger charge is -2.24. The van der Waals surface area contributed by atoms with Crippen molar-refractivity contribution in [2.24, 2.45) is 5.10 Å². The van der Waals surface area contributed by atoms with Crippen LogP contribution in [0.3, 0.4) is 0 Å². The average molecular weight is 574 g/mol. The molecule has 1 amide bonds. The number of hydrogen-bond donors (Lipinski definition) is 1. The summed E-state index contributed by atoms with van der Waals surface area (Å²) in [5, 5.41) is 3.97. The van der Waals surface area contributed by atoms with Crippen LogP contribution in [-0.2, 0) is 14.8 Å². The van der Waals surface area contributed by atoms with Gasteiger partial charge in [0.15, 0.2) is 0 Å². The molecular weight excluding hydrogens is 546 g/mol. The van der Waals surface area contributed by atoms with Crippen molar-refractivity contribution in [2.75, 3.05) is 24.6 Å². The Morgan fingerprint density at radius 1 is 1.08 bits per heavy atom. The van der Waals surface area contributed by atoms with Gasteiger partial charge in [0.2, 0.25) is 0 Å². The van der Waals surface area contributed by atoms with E-state index in [1.54, 1.807) is 30.3 Å². The number of benzene rings is 3. The maximum absolute atomic E-state index is 13.5. The molecule has 3 aromatic carbocycles. The van der Waals surface area contributed by atoms with Crippen LogP contribution >= 0.6 is 15.9 Å². The van der Waals surface area contributed by atoms with Crippen molar-refractivity contribution in [2.45, 2.75) is 25.2 Å². The number of nitrogens with one attached hydrogen (secondary N) is 1. The molecule has 1 N–H and O–H groups in total. The minimum absolute atomic E-state index is 0.0115. The van der Waals surface area contributed by atoms with E-state index in [2.05, 4.69) is 26.5 Å². The normalized spacial score (nSPS) is 11.3. The van der Waals surface area contributed by atoms with Crippen molar-refractivity contribution in [1.29, 1.82) is 0 Å². The van der Waals surface area contributed by atoms with E-state index in [4.69, 9.17) is 9.47 Å². The summed E-state index contributed by atoms with van der Waals surface area (Å²) in [4.78, 5) is 12.7. The van der Waals surface area contributed by atoms with Crippen molar-refractivity contribution in [3.8, 4) is 11.5 Å². The van der Waals surface area contributed by atoms with E-state index in [1.807, 2.05) is 38.1 Å². The maximum atomic E-state index is 13.5. The van der Waals surface area contributed by atoms with Gasteiger partial charge >= 0.3 is 0 Å². The van der Waals surface area contributed by atoms with Gasteiger partial charge in [-0.1, -0.05) is 24.6 Å². The number of methoxy groups -OCH3 is 1. The molecule has 36 heavy (non-hydrogen) atoms. The Bertz CT molecular complexity index is 1310. The van der Waals surface area contributed by atoms with Crippen LogP contribution in [0.25, 0.3) is 0 Å². The van der Waals surface area contributed by atoms with Gasteiger partial charge in [0.25, 0.3) is 15.9 Å². The summed E-state index contributed by atoms with van der Waals surface area (Å²) >= 11 is 3.32. The van der Waals surface area contributed by atoms with Gasteiger partial charge in [-0.05, 0) is 89.4 Å². The third-order valence-electron chi connectivity index (χ3n) is 5.08. The zero-order chi connectivity index (χ0) is 26.1. The Kier molecular flexibility index (Phi) is 9.49. The first-order valence-electron chi connectivity index (χ1n) is 11.2. The summed E-state index contributed by atoms with van der Waals surface area (Å²) in [7, 11) is -2.59. The third kappa shape index (κ3) is 7.08. The van der Waals surface area contributed by atoms with Gasteiger partial charge in [0.1, 0.15) is 18.0 Å².